The van der Waals surface area contributed by atoms with Crippen molar-refractivity contribution in [2.24, 2.45) is 5.73 Å². The molecule has 0 spiro atoms. The van der Waals surface area contributed by atoms with Crippen LogP contribution in [0.25, 0.3) is 0 Å². The van der Waals surface area contributed by atoms with Crippen molar-refractivity contribution >= 4 is 21.4 Å². The smallest absolute Gasteiger partial charge is 0.215 e. The molecule has 0 radical (unpaired) electrons. The second-order valence-corrected chi connectivity index (χ2v) is 6.62. The monoisotopic (exact) mass is 248 g/mol. The lowest BCUT2D eigenvalue weighted by molar-refractivity contribution is 0.569. The number of rotatable bonds is 5. The Bertz CT molecular complexity index is 412. The topological polar surface area (TPSA) is 72.2 Å². The maximum absolute atomic E-state index is 11.6. The molecule has 86 valence electrons. The van der Waals surface area contributed by atoms with Gasteiger partial charge in [-0.25, -0.2) is 13.1 Å². The van der Waals surface area contributed by atoms with Crippen LogP contribution in [0.4, 0.5) is 0 Å². The fourth-order valence-corrected chi connectivity index (χ4v) is 2.84. The summed E-state index contributed by atoms with van der Waals surface area (Å²) in [6.45, 7) is 4.06. The predicted octanol–water partition coefficient (Wildman–Crippen LogP) is 0.823. The molecular weight excluding hydrogens is 232 g/mol. The van der Waals surface area contributed by atoms with E-state index in [0.717, 1.165) is 10.4 Å². The molecule has 0 aliphatic heterocycles. The summed E-state index contributed by atoms with van der Waals surface area (Å²) in [5.74, 6) is 0. The molecule has 0 aliphatic carbocycles. The van der Waals surface area contributed by atoms with Crippen LogP contribution in [0.2, 0.25) is 0 Å². The highest BCUT2D eigenvalue weighted by molar-refractivity contribution is 7.90. The van der Waals surface area contributed by atoms with Crippen molar-refractivity contribution in [2.75, 3.05) is 6.54 Å². The fraction of sp³-hybridized carbons (Fsp3) is 0.556. The Morgan fingerprint density at radius 2 is 2.27 bits per heavy atom. The highest BCUT2D eigenvalue weighted by Crippen LogP contribution is 2.15. The molecule has 1 aromatic rings. The van der Waals surface area contributed by atoms with E-state index in [2.05, 4.69) is 4.72 Å². The molecular formula is C9H16N2O2S2. The highest BCUT2D eigenvalue weighted by atomic mass is 32.2. The molecule has 0 amide bonds. The number of nitrogens with two attached hydrogens (primary N) is 1. The van der Waals surface area contributed by atoms with E-state index in [1.807, 2.05) is 18.4 Å². The first kappa shape index (κ1) is 12.6. The van der Waals surface area contributed by atoms with E-state index >= 15 is 0 Å². The third-order valence-corrected chi connectivity index (χ3v) is 5.09. The Kier molecular flexibility index (Phi) is 4.27. The first-order chi connectivity index (χ1) is 6.97. The third-order valence-electron chi connectivity index (χ3n) is 2.26. The Hall–Kier alpha value is -0.430. The summed E-state index contributed by atoms with van der Waals surface area (Å²) in [6, 6.07) is 1.97. The molecule has 0 fully saturated rings. The molecule has 0 saturated carbocycles. The van der Waals surface area contributed by atoms with E-state index in [-0.39, 0.29) is 6.54 Å². The van der Waals surface area contributed by atoms with Crippen molar-refractivity contribution in [2.45, 2.75) is 25.6 Å². The Morgan fingerprint density at radius 1 is 1.60 bits per heavy atom. The summed E-state index contributed by atoms with van der Waals surface area (Å²) in [6.07, 6.45) is 0. The molecule has 0 bridgehead atoms. The van der Waals surface area contributed by atoms with Crippen LogP contribution >= 0.6 is 11.3 Å². The van der Waals surface area contributed by atoms with Crippen LogP contribution in [-0.4, -0.2) is 20.2 Å². The molecule has 0 aliphatic rings. The average Bonchev–Trinajstić information content (AvgIpc) is 2.60. The SMILES string of the molecule is Cc1ccsc1CNS(=O)(=O)C(C)CN. The van der Waals surface area contributed by atoms with Gasteiger partial charge in [0.25, 0.3) is 0 Å². The Labute approximate surface area is 94.5 Å². The van der Waals surface area contributed by atoms with Crippen molar-refractivity contribution in [3.8, 4) is 0 Å². The summed E-state index contributed by atoms with van der Waals surface area (Å²) in [5, 5.41) is 1.41. The normalized spacial score (nSPS) is 14.1. The zero-order valence-electron chi connectivity index (χ0n) is 8.86. The van der Waals surface area contributed by atoms with Crippen LogP contribution in [0.1, 0.15) is 17.4 Å². The quantitative estimate of drug-likeness (QED) is 0.810. The lowest BCUT2D eigenvalue weighted by atomic mass is 10.3. The van der Waals surface area contributed by atoms with Gasteiger partial charge in [-0.05, 0) is 30.9 Å². The summed E-state index contributed by atoms with van der Waals surface area (Å²) in [7, 11) is -3.27. The zero-order chi connectivity index (χ0) is 11.5. The van der Waals surface area contributed by atoms with E-state index < -0.39 is 15.3 Å². The number of thiophene rings is 1. The van der Waals surface area contributed by atoms with Gasteiger partial charge in [0, 0.05) is 18.0 Å². The minimum Gasteiger partial charge on any atom is -0.329 e. The fourth-order valence-electron chi connectivity index (χ4n) is 1.02. The first-order valence-corrected chi connectivity index (χ1v) is 7.11. The van der Waals surface area contributed by atoms with Crippen LogP contribution < -0.4 is 10.5 Å². The van der Waals surface area contributed by atoms with Gasteiger partial charge in [0.2, 0.25) is 10.0 Å². The maximum atomic E-state index is 11.6. The lowest BCUT2D eigenvalue weighted by Crippen LogP contribution is -2.36. The van der Waals surface area contributed by atoms with Crippen LogP contribution in [-0.2, 0) is 16.6 Å². The predicted molar refractivity (Wildman–Crippen MR) is 63.3 cm³/mol. The first-order valence-electron chi connectivity index (χ1n) is 4.69. The Morgan fingerprint density at radius 3 is 2.73 bits per heavy atom. The van der Waals surface area contributed by atoms with Gasteiger partial charge in [0.05, 0.1) is 5.25 Å². The van der Waals surface area contributed by atoms with Crippen molar-refractivity contribution in [3.63, 3.8) is 0 Å². The molecule has 4 nitrogen and oxygen atoms in total. The van der Waals surface area contributed by atoms with E-state index in [0.29, 0.717) is 6.54 Å². The van der Waals surface area contributed by atoms with Gasteiger partial charge in [-0.15, -0.1) is 11.3 Å². The standard InChI is InChI=1S/C9H16N2O2S2/c1-7-3-4-14-9(7)6-11-15(12,13)8(2)5-10/h3-4,8,11H,5-6,10H2,1-2H3. The number of sulfonamides is 1. The lowest BCUT2D eigenvalue weighted by Gasteiger charge is -2.11. The Balaban J connectivity index is 2.62. The van der Waals surface area contributed by atoms with Crippen molar-refractivity contribution in [1.82, 2.24) is 4.72 Å². The maximum Gasteiger partial charge on any atom is 0.215 e. The van der Waals surface area contributed by atoms with E-state index in [1.54, 1.807) is 18.3 Å². The highest BCUT2D eigenvalue weighted by Gasteiger charge is 2.18. The molecule has 1 atom stereocenters. The van der Waals surface area contributed by atoms with Gasteiger partial charge in [-0.2, -0.15) is 0 Å². The molecule has 1 heterocycles. The van der Waals surface area contributed by atoms with Gasteiger partial charge in [-0.3, -0.25) is 0 Å². The number of nitrogens with one attached hydrogen (secondary N) is 1. The van der Waals surface area contributed by atoms with Gasteiger partial charge in [-0.1, -0.05) is 0 Å². The summed E-state index contributed by atoms with van der Waals surface area (Å²) in [4.78, 5) is 1.04. The molecule has 0 saturated heterocycles. The summed E-state index contributed by atoms with van der Waals surface area (Å²) in [5.41, 5.74) is 6.43. The minimum absolute atomic E-state index is 0.138. The van der Waals surface area contributed by atoms with E-state index in [1.165, 1.54) is 0 Å². The van der Waals surface area contributed by atoms with E-state index in [4.69, 9.17) is 5.73 Å². The van der Waals surface area contributed by atoms with E-state index in [9.17, 15) is 8.42 Å². The second kappa shape index (κ2) is 5.07. The van der Waals surface area contributed by atoms with Gasteiger partial charge >= 0.3 is 0 Å². The average molecular weight is 248 g/mol. The molecule has 6 heteroatoms. The molecule has 1 rings (SSSR count). The largest absolute Gasteiger partial charge is 0.329 e. The molecule has 1 unspecified atom stereocenters. The van der Waals surface area contributed by atoms with Crippen LogP contribution in [0.5, 0.6) is 0 Å². The van der Waals surface area contributed by atoms with Crippen LogP contribution in [0, 0.1) is 6.92 Å². The number of hydrogen-bond donors (Lipinski definition) is 2. The molecule has 15 heavy (non-hydrogen) atoms. The second-order valence-electron chi connectivity index (χ2n) is 3.44. The molecule has 0 aromatic carbocycles. The minimum atomic E-state index is -3.27. The molecule has 3 N–H and O–H groups in total. The summed E-state index contributed by atoms with van der Waals surface area (Å²) < 4.78 is 25.7. The van der Waals surface area contributed by atoms with Gasteiger partial charge in [0.15, 0.2) is 0 Å². The third kappa shape index (κ3) is 3.27. The number of aryl methyl sites for hydroxylation is 1. The molecule has 1 aromatic heterocycles. The van der Waals surface area contributed by atoms with Crippen LogP contribution in [0.15, 0.2) is 11.4 Å². The van der Waals surface area contributed by atoms with Gasteiger partial charge < -0.3 is 5.73 Å². The van der Waals surface area contributed by atoms with Crippen molar-refractivity contribution < 1.29 is 8.42 Å². The number of hydrogen-bond acceptors (Lipinski definition) is 4. The summed E-state index contributed by atoms with van der Waals surface area (Å²) >= 11 is 1.55. The van der Waals surface area contributed by atoms with Crippen LogP contribution in [0.3, 0.4) is 0 Å². The zero-order valence-corrected chi connectivity index (χ0v) is 10.5. The van der Waals surface area contributed by atoms with Crippen molar-refractivity contribution in [3.05, 3.63) is 21.9 Å². The van der Waals surface area contributed by atoms with Crippen molar-refractivity contribution in [1.29, 1.82) is 0 Å². The van der Waals surface area contributed by atoms with Gasteiger partial charge in [0.1, 0.15) is 0 Å².